The molecule has 0 aliphatic carbocycles. The Morgan fingerprint density at radius 3 is 2.62 bits per heavy atom. The molecule has 0 saturated heterocycles. The van der Waals surface area contributed by atoms with Crippen LogP contribution >= 0.6 is 11.5 Å². The van der Waals surface area contributed by atoms with Gasteiger partial charge in [-0.3, -0.25) is 0 Å². The van der Waals surface area contributed by atoms with Gasteiger partial charge in [0.15, 0.2) is 0 Å². The fraction of sp³-hybridized carbons (Fsp3) is 0.700. The number of hydrogen-bond acceptors (Lipinski definition) is 3. The molecule has 3 heteroatoms. The molecule has 1 rings (SSSR count). The lowest BCUT2D eigenvalue weighted by Gasteiger charge is -2.27. The lowest BCUT2D eigenvalue weighted by molar-refractivity contribution is 0.0495. The SMILES string of the molecule is CCC(C)(C)C(O)c1cc(C)ns1. The Labute approximate surface area is 83.8 Å². The number of nitrogens with zero attached hydrogens (tertiary/aromatic N) is 1. The molecule has 0 spiro atoms. The quantitative estimate of drug-likeness (QED) is 0.812. The highest BCUT2D eigenvalue weighted by atomic mass is 32.1. The molecule has 1 aromatic heterocycles. The van der Waals surface area contributed by atoms with Gasteiger partial charge >= 0.3 is 0 Å². The van der Waals surface area contributed by atoms with Crippen LogP contribution < -0.4 is 0 Å². The topological polar surface area (TPSA) is 33.1 Å². The molecule has 0 aromatic carbocycles. The molecule has 0 aliphatic rings. The molecule has 74 valence electrons. The van der Waals surface area contributed by atoms with Crippen molar-refractivity contribution in [1.82, 2.24) is 4.37 Å². The Bertz CT molecular complexity index is 280. The first kappa shape index (κ1) is 10.7. The summed E-state index contributed by atoms with van der Waals surface area (Å²) >= 11 is 1.40. The zero-order chi connectivity index (χ0) is 10.1. The molecular weight excluding hydrogens is 182 g/mol. The Balaban J connectivity index is 2.84. The summed E-state index contributed by atoms with van der Waals surface area (Å²) in [5.41, 5.74) is 0.935. The molecule has 0 amide bonds. The summed E-state index contributed by atoms with van der Waals surface area (Å²) in [5, 5.41) is 10.0. The number of aliphatic hydroxyl groups is 1. The van der Waals surface area contributed by atoms with Gasteiger partial charge in [0, 0.05) is 0 Å². The first-order chi connectivity index (χ1) is 5.97. The van der Waals surface area contributed by atoms with Crippen molar-refractivity contribution in [3.8, 4) is 0 Å². The molecule has 0 saturated carbocycles. The lowest BCUT2D eigenvalue weighted by Crippen LogP contribution is -2.19. The van der Waals surface area contributed by atoms with E-state index in [2.05, 4.69) is 25.1 Å². The number of rotatable bonds is 3. The van der Waals surface area contributed by atoms with Gasteiger partial charge in [0.25, 0.3) is 0 Å². The predicted molar refractivity (Wildman–Crippen MR) is 55.9 cm³/mol. The summed E-state index contributed by atoms with van der Waals surface area (Å²) in [7, 11) is 0. The number of aliphatic hydroxyl groups excluding tert-OH is 1. The van der Waals surface area contributed by atoms with E-state index in [9.17, 15) is 5.11 Å². The van der Waals surface area contributed by atoms with Gasteiger partial charge < -0.3 is 5.11 Å². The Kier molecular flexibility index (Phi) is 3.09. The summed E-state index contributed by atoms with van der Waals surface area (Å²) in [6.07, 6.45) is 0.578. The van der Waals surface area contributed by atoms with Crippen LogP contribution in [0.25, 0.3) is 0 Å². The van der Waals surface area contributed by atoms with Crippen molar-refractivity contribution in [1.29, 1.82) is 0 Å². The van der Waals surface area contributed by atoms with E-state index in [1.54, 1.807) is 0 Å². The minimum absolute atomic E-state index is 0.0566. The van der Waals surface area contributed by atoms with Gasteiger partial charge in [-0.25, -0.2) is 0 Å². The second-order valence-electron chi connectivity index (χ2n) is 4.12. The third-order valence-electron chi connectivity index (χ3n) is 2.57. The first-order valence-corrected chi connectivity index (χ1v) is 5.36. The van der Waals surface area contributed by atoms with E-state index in [0.717, 1.165) is 17.0 Å². The second kappa shape index (κ2) is 3.76. The molecule has 13 heavy (non-hydrogen) atoms. The monoisotopic (exact) mass is 199 g/mol. The summed E-state index contributed by atoms with van der Waals surface area (Å²) in [5.74, 6) is 0. The van der Waals surface area contributed by atoms with Gasteiger partial charge in [-0.1, -0.05) is 20.8 Å². The van der Waals surface area contributed by atoms with Crippen molar-refractivity contribution in [2.45, 2.75) is 40.2 Å². The van der Waals surface area contributed by atoms with E-state index in [1.165, 1.54) is 11.5 Å². The molecule has 0 bridgehead atoms. The summed E-state index contributed by atoms with van der Waals surface area (Å²) in [6, 6.07) is 1.97. The number of hydrogen-bond donors (Lipinski definition) is 1. The molecule has 1 atom stereocenters. The van der Waals surface area contributed by atoms with Crippen LogP contribution in [0.5, 0.6) is 0 Å². The van der Waals surface area contributed by atoms with Crippen LogP contribution in [0.3, 0.4) is 0 Å². The van der Waals surface area contributed by atoms with Gasteiger partial charge in [-0.15, -0.1) is 0 Å². The number of aryl methyl sites for hydroxylation is 1. The summed E-state index contributed by atoms with van der Waals surface area (Å²) in [4.78, 5) is 0.976. The smallest absolute Gasteiger partial charge is 0.0948 e. The van der Waals surface area contributed by atoms with Crippen molar-refractivity contribution >= 4 is 11.5 Å². The fourth-order valence-corrected chi connectivity index (χ4v) is 2.03. The average Bonchev–Trinajstić information content (AvgIpc) is 2.50. The molecule has 1 unspecified atom stereocenters. The maximum atomic E-state index is 10.0. The Morgan fingerprint density at radius 2 is 2.23 bits per heavy atom. The average molecular weight is 199 g/mol. The van der Waals surface area contributed by atoms with E-state index in [1.807, 2.05) is 13.0 Å². The molecule has 0 fully saturated rings. The van der Waals surface area contributed by atoms with Crippen LogP contribution in [-0.4, -0.2) is 9.48 Å². The summed E-state index contributed by atoms with van der Waals surface area (Å²) in [6.45, 7) is 8.20. The minimum atomic E-state index is -0.385. The van der Waals surface area contributed by atoms with Gasteiger partial charge in [-0.05, 0) is 36.4 Å². The molecule has 1 heterocycles. The third kappa shape index (κ3) is 2.29. The van der Waals surface area contributed by atoms with Gasteiger partial charge in [0.2, 0.25) is 0 Å². The minimum Gasteiger partial charge on any atom is -0.387 e. The highest BCUT2D eigenvalue weighted by Crippen LogP contribution is 2.37. The van der Waals surface area contributed by atoms with Crippen LogP contribution in [0, 0.1) is 12.3 Å². The van der Waals surface area contributed by atoms with Crippen LogP contribution in [0.2, 0.25) is 0 Å². The maximum absolute atomic E-state index is 10.0. The van der Waals surface area contributed by atoms with Gasteiger partial charge in [0.1, 0.15) is 0 Å². The van der Waals surface area contributed by atoms with Crippen LogP contribution in [0.1, 0.15) is 43.9 Å². The van der Waals surface area contributed by atoms with Crippen molar-refractivity contribution in [2.24, 2.45) is 5.41 Å². The van der Waals surface area contributed by atoms with E-state index in [-0.39, 0.29) is 11.5 Å². The van der Waals surface area contributed by atoms with E-state index < -0.39 is 0 Å². The summed E-state index contributed by atoms with van der Waals surface area (Å²) < 4.78 is 4.17. The van der Waals surface area contributed by atoms with Crippen molar-refractivity contribution in [3.05, 3.63) is 16.6 Å². The first-order valence-electron chi connectivity index (χ1n) is 4.58. The third-order valence-corrected chi connectivity index (χ3v) is 3.50. The highest BCUT2D eigenvalue weighted by molar-refractivity contribution is 7.05. The molecule has 2 nitrogen and oxygen atoms in total. The van der Waals surface area contributed by atoms with Crippen molar-refractivity contribution < 1.29 is 5.11 Å². The van der Waals surface area contributed by atoms with E-state index >= 15 is 0 Å². The molecular formula is C10H17NOS. The zero-order valence-electron chi connectivity index (χ0n) is 8.66. The number of aromatic nitrogens is 1. The van der Waals surface area contributed by atoms with Crippen molar-refractivity contribution in [2.75, 3.05) is 0 Å². The highest BCUT2D eigenvalue weighted by Gasteiger charge is 2.28. The van der Waals surface area contributed by atoms with E-state index in [4.69, 9.17) is 0 Å². The molecule has 0 radical (unpaired) electrons. The lowest BCUT2D eigenvalue weighted by atomic mass is 9.83. The predicted octanol–water partition coefficient (Wildman–Crippen LogP) is 2.92. The second-order valence-corrected chi connectivity index (χ2v) is 4.95. The normalized spacial score (nSPS) is 14.5. The standard InChI is InChI=1S/C10H17NOS/c1-5-10(3,4)9(12)8-6-7(2)11-13-8/h6,9,12H,5H2,1-4H3. The molecule has 1 aromatic rings. The molecule has 0 aliphatic heterocycles. The Hall–Kier alpha value is -0.410. The van der Waals surface area contributed by atoms with Crippen LogP contribution in [0.4, 0.5) is 0 Å². The van der Waals surface area contributed by atoms with Crippen LogP contribution in [-0.2, 0) is 0 Å². The Morgan fingerprint density at radius 1 is 1.62 bits per heavy atom. The molecule has 1 N–H and O–H groups in total. The van der Waals surface area contributed by atoms with Crippen molar-refractivity contribution in [3.63, 3.8) is 0 Å². The van der Waals surface area contributed by atoms with Gasteiger partial charge in [0.05, 0.1) is 16.7 Å². The van der Waals surface area contributed by atoms with Crippen LogP contribution in [0.15, 0.2) is 6.07 Å². The maximum Gasteiger partial charge on any atom is 0.0948 e. The fourth-order valence-electron chi connectivity index (χ4n) is 1.09. The largest absolute Gasteiger partial charge is 0.387 e. The van der Waals surface area contributed by atoms with E-state index in [0.29, 0.717) is 0 Å². The van der Waals surface area contributed by atoms with Gasteiger partial charge in [-0.2, -0.15) is 4.37 Å². The zero-order valence-corrected chi connectivity index (χ0v) is 9.48.